The molecule has 1 aromatic carbocycles. The Labute approximate surface area is 141 Å². The number of aliphatic carboxylic acids is 1. The van der Waals surface area contributed by atoms with E-state index in [1.807, 2.05) is 38.2 Å². The molecule has 2 aromatic rings. The zero-order chi connectivity index (χ0) is 17.6. The first-order valence-electron chi connectivity index (χ1n) is 8.09. The van der Waals surface area contributed by atoms with Crippen molar-refractivity contribution in [2.45, 2.75) is 33.2 Å². The summed E-state index contributed by atoms with van der Waals surface area (Å²) in [7, 11) is 0. The second kappa shape index (κ2) is 7.77. The van der Waals surface area contributed by atoms with Crippen LogP contribution in [0.25, 0.3) is 0 Å². The van der Waals surface area contributed by atoms with E-state index in [9.17, 15) is 14.7 Å². The molecule has 0 bridgehead atoms. The topological polar surface area (TPSA) is 84.2 Å². The summed E-state index contributed by atoms with van der Waals surface area (Å²) in [6.45, 7) is 4.26. The predicted octanol–water partition coefficient (Wildman–Crippen LogP) is 2.55. The molecule has 1 heterocycles. The maximum atomic E-state index is 12.6. The summed E-state index contributed by atoms with van der Waals surface area (Å²) in [5.41, 5.74) is 0.458. The highest BCUT2D eigenvalue weighted by atomic mass is 16.4. The maximum absolute atomic E-state index is 12.6. The van der Waals surface area contributed by atoms with Crippen LogP contribution in [0.15, 0.2) is 42.7 Å². The van der Waals surface area contributed by atoms with Gasteiger partial charge in [0.05, 0.1) is 12.0 Å². The average Bonchev–Trinajstić information content (AvgIpc) is 3.09. The summed E-state index contributed by atoms with van der Waals surface area (Å²) < 4.78 is 1.74. The van der Waals surface area contributed by atoms with E-state index < -0.39 is 11.4 Å². The Balaban J connectivity index is 2.14. The minimum atomic E-state index is -0.924. The fourth-order valence-corrected chi connectivity index (χ4v) is 2.67. The lowest BCUT2D eigenvalue weighted by atomic mass is 9.82. The lowest BCUT2D eigenvalue weighted by Crippen LogP contribution is -2.42. The molecule has 0 fully saturated rings. The second-order valence-corrected chi connectivity index (χ2v) is 5.84. The van der Waals surface area contributed by atoms with Gasteiger partial charge in [-0.05, 0) is 30.5 Å². The number of benzene rings is 1. The van der Waals surface area contributed by atoms with Gasteiger partial charge in [0, 0.05) is 24.5 Å². The molecule has 6 heteroatoms. The van der Waals surface area contributed by atoms with Gasteiger partial charge in [-0.1, -0.05) is 32.0 Å². The Morgan fingerprint density at radius 2 is 1.92 bits per heavy atom. The molecular weight excluding hydrogens is 306 g/mol. The third-order valence-electron chi connectivity index (χ3n) is 4.55. The number of nitrogens with one attached hydrogen (secondary N) is 1. The van der Waals surface area contributed by atoms with Gasteiger partial charge in [-0.3, -0.25) is 14.3 Å². The molecule has 2 rings (SSSR count). The second-order valence-electron chi connectivity index (χ2n) is 5.84. The quantitative estimate of drug-likeness (QED) is 0.779. The Bertz CT molecular complexity index is 691. The molecule has 0 aliphatic heterocycles. The summed E-state index contributed by atoms with van der Waals surface area (Å²) >= 11 is 0. The van der Waals surface area contributed by atoms with Crippen LogP contribution in [-0.2, 0) is 11.3 Å². The Morgan fingerprint density at radius 1 is 1.21 bits per heavy atom. The first-order chi connectivity index (χ1) is 11.5. The van der Waals surface area contributed by atoms with Crippen LogP contribution in [0, 0.1) is 5.41 Å². The van der Waals surface area contributed by atoms with Gasteiger partial charge in [0.25, 0.3) is 5.91 Å². The standard InChI is InChI=1S/C18H23N3O3/c1-3-18(4-2,17(23)24)13-19-16(22)15-9-6-5-8-14(15)12-21-11-7-10-20-21/h5-11H,3-4,12-13H2,1-2H3,(H,19,22)(H,23,24). The zero-order valence-electron chi connectivity index (χ0n) is 14.0. The fourth-order valence-electron chi connectivity index (χ4n) is 2.67. The average molecular weight is 329 g/mol. The van der Waals surface area contributed by atoms with Gasteiger partial charge < -0.3 is 10.4 Å². The molecule has 6 nitrogen and oxygen atoms in total. The van der Waals surface area contributed by atoms with Crippen LogP contribution in [0.2, 0.25) is 0 Å². The fraction of sp³-hybridized carbons (Fsp3) is 0.389. The van der Waals surface area contributed by atoms with E-state index in [4.69, 9.17) is 0 Å². The maximum Gasteiger partial charge on any atom is 0.311 e. The SMILES string of the molecule is CCC(CC)(CNC(=O)c1ccccc1Cn1cccn1)C(=O)O. The lowest BCUT2D eigenvalue weighted by Gasteiger charge is -2.27. The Kier molecular flexibility index (Phi) is 5.73. The van der Waals surface area contributed by atoms with Crippen molar-refractivity contribution in [2.24, 2.45) is 5.41 Å². The molecule has 0 atom stereocenters. The van der Waals surface area contributed by atoms with Crippen LogP contribution in [-0.4, -0.2) is 33.3 Å². The first-order valence-corrected chi connectivity index (χ1v) is 8.09. The molecular formula is C18H23N3O3. The number of carboxylic acid groups (broad SMARTS) is 1. The van der Waals surface area contributed by atoms with E-state index in [-0.39, 0.29) is 12.5 Å². The van der Waals surface area contributed by atoms with Crippen LogP contribution < -0.4 is 5.32 Å². The lowest BCUT2D eigenvalue weighted by molar-refractivity contribution is -0.149. The highest BCUT2D eigenvalue weighted by Gasteiger charge is 2.35. The van der Waals surface area contributed by atoms with Gasteiger partial charge in [-0.2, -0.15) is 5.10 Å². The number of amides is 1. The Morgan fingerprint density at radius 3 is 2.50 bits per heavy atom. The van der Waals surface area contributed by atoms with Gasteiger partial charge in [-0.25, -0.2) is 0 Å². The monoisotopic (exact) mass is 329 g/mol. The number of carbonyl (C=O) groups excluding carboxylic acids is 1. The largest absolute Gasteiger partial charge is 0.481 e. The van der Waals surface area contributed by atoms with Crippen LogP contribution >= 0.6 is 0 Å². The van der Waals surface area contributed by atoms with Gasteiger partial charge in [0.2, 0.25) is 0 Å². The molecule has 0 spiro atoms. The van der Waals surface area contributed by atoms with Crippen molar-refractivity contribution in [3.8, 4) is 0 Å². The minimum absolute atomic E-state index is 0.115. The summed E-state index contributed by atoms with van der Waals surface area (Å²) in [6, 6.07) is 9.11. The van der Waals surface area contributed by atoms with Crippen molar-refractivity contribution < 1.29 is 14.7 Å². The number of carbonyl (C=O) groups is 2. The number of rotatable bonds is 8. The van der Waals surface area contributed by atoms with Crippen LogP contribution in [0.4, 0.5) is 0 Å². The van der Waals surface area contributed by atoms with Gasteiger partial charge in [0.15, 0.2) is 0 Å². The number of aromatic nitrogens is 2. The molecule has 0 saturated carbocycles. The number of carboxylic acids is 1. The van der Waals surface area contributed by atoms with Crippen molar-refractivity contribution in [1.82, 2.24) is 15.1 Å². The van der Waals surface area contributed by atoms with Crippen molar-refractivity contribution in [3.05, 3.63) is 53.9 Å². The molecule has 0 saturated heterocycles. The predicted molar refractivity (Wildman–Crippen MR) is 90.8 cm³/mol. The third kappa shape index (κ3) is 3.82. The highest BCUT2D eigenvalue weighted by Crippen LogP contribution is 2.26. The van der Waals surface area contributed by atoms with Crippen molar-refractivity contribution in [2.75, 3.05) is 6.54 Å². The minimum Gasteiger partial charge on any atom is -0.481 e. The van der Waals surface area contributed by atoms with Crippen LogP contribution in [0.1, 0.15) is 42.6 Å². The van der Waals surface area contributed by atoms with E-state index in [0.717, 1.165) is 5.56 Å². The van der Waals surface area contributed by atoms with Gasteiger partial charge in [-0.15, -0.1) is 0 Å². The van der Waals surface area contributed by atoms with Crippen LogP contribution in [0.3, 0.4) is 0 Å². The summed E-state index contributed by atoms with van der Waals surface area (Å²) in [6.07, 6.45) is 4.45. The molecule has 1 amide bonds. The molecule has 1 aromatic heterocycles. The highest BCUT2D eigenvalue weighted by molar-refractivity contribution is 5.96. The molecule has 0 unspecified atom stereocenters. The van der Waals surface area contributed by atoms with E-state index in [0.29, 0.717) is 24.9 Å². The smallest absolute Gasteiger partial charge is 0.311 e. The summed E-state index contributed by atoms with van der Waals surface area (Å²) in [5, 5.41) is 16.4. The van der Waals surface area contributed by atoms with E-state index in [1.54, 1.807) is 23.0 Å². The summed E-state index contributed by atoms with van der Waals surface area (Å²) in [4.78, 5) is 24.1. The normalized spacial score (nSPS) is 11.2. The molecule has 24 heavy (non-hydrogen) atoms. The van der Waals surface area contributed by atoms with E-state index in [2.05, 4.69) is 10.4 Å². The number of hydrogen-bond donors (Lipinski definition) is 2. The number of hydrogen-bond acceptors (Lipinski definition) is 3. The molecule has 2 N–H and O–H groups in total. The van der Waals surface area contributed by atoms with Crippen LogP contribution in [0.5, 0.6) is 0 Å². The molecule has 0 aliphatic carbocycles. The van der Waals surface area contributed by atoms with E-state index >= 15 is 0 Å². The molecule has 0 radical (unpaired) electrons. The zero-order valence-corrected chi connectivity index (χ0v) is 14.0. The van der Waals surface area contributed by atoms with Gasteiger partial charge >= 0.3 is 5.97 Å². The van der Waals surface area contributed by atoms with E-state index in [1.165, 1.54) is 0 Å². The molecule has 0 aliphatic rings. The van der Waals surface area contributed by atoms with Crippen molar-refractivity contribution >= 4 is 11.9 Å². The van der Waals surface area contributed by atoms with Gasteiger partial charge in [0.1, 0.15) is 0 Å². The number of nitrogens with zero attached hydrogens (tertiary/aromatic N) is 2. The molecule has 128 valence electrons. The third-order valence-corrected chi connectivity index (χ3v) is 4.55. The Hall–Kier alpha value is -2.63. The van der Waals surface area contributed by atoms with Crippen molar-refractivity contribution in [1.29, 1.82) is 0 Å². The van der Waals surface area contributed by atoms with Crippen molar-refractivity contribution in [3.63, 3.8) is 0 Å². The summed E-state index contributed by atoms with van der Waals surface area (Å²) in [5.74, 6) is -1.14. The first kappa shape index (κ1) is 17.7.